The van der Waals surface area contributed by atoms with Crippen LogP contribution in [0.15, 0.2) is 23.9 Å². The second kappa shape index (κ2) is 5.86. The zero-order valence-electron chi connectivity index (χ0n) is 9.49. The summed E-state index contributed by atoms with van der Waals surface area (Å²) in [7, 11) is 1.76. The SMILES string of the molecule is CCN1CC=CC=C1[C@@H](C)CCOC. The van der Waals surface area contributed by atoms with Gasteiger partial charge in [-0.2, -0.15) is 0 Å². The predicted molar refractivity (Wildman–Crippen MR) is 60.1 cm³/mol. The number of ether oxygens (including phenoxy) is 1. The summed E-state index contributed by atoms with van der Waals surface area (Å²) in [5.74, 6) is 0.597. The lowest BCUT2D eigenvalue weighted by Crippen LogP contribution is -2.28. The molecule has 1 rings (SSSR count). The maximum atomic E-state index is 5.11. The van der Waals surface area contributed by atoms with Crippen molar-refractivity contribution >= 4 is 0 Å². The fourth-order valence-electron chi connectivity index (χ4n) is 1.80. The van der Waals surface area contributed by atoms with Gasteiger partial charge in [0, 0.05) is 32.5 Å². The van der Waals surface area contributed by atoms with Crippen LogP contribution in [0.2, 0.25) is 0 Å². The summed E-state index contributed by atoms with van der Waals surface area (Å²) in [4.78, 5) is 2.42. The van der Waals surface area contributed by atoms with Gasteiger partial charge in [0.05, 0.1) is 0 Å². The number of nitrogens with zero attached hydrogens (tertiary/aromatic N) is 1. The van der Waals surface area contributed by atoms with E-state index < -0.39 is 0 Å². The van der Waals surface area contributed by atoms with Gasteiger partial charge in [-0.1, -0.05) is 19.1 Å². The van der Waals surface area contributed by atoms with Gasteiger partial charge >= 0.3 is 0 Å². The van der Waals surface area contributed by atoms with E-state index in [1.54, 1.807) is 7.11 Å². The van der Waals surface area contributed by atoms with Gasteiger partial charge in [0.25, 0.3) is 0 Å². The third-order valence-corrected chi connectivity index (χ3v) is 2.74. The highest BCUT2D eigenvalue weighted by atomic mass is 16.5. The minimum Gasteiger partial charge on any atom is -0.385 e. The number of allylic oxidation sites excluding steroid dienone is 3. The molecule has 0 aliphatic carbocycles. The van der Waals surface area contributed by atoms with Gasteiger partial charge < -0.3 is 9.64 Å². The second-order valence-corrected chi connectivity index (χ2v) is 3.74. The molecule has 0 spiro atoms. The molecule has 0 radical (unpaired) electrons. The van der Waals surface area contributed by atoms with Crippen molar-refractivity contribution in [1.82, 2.24) is 4.90 Å². The molecule has 0 aromatic heterocycles. The Labute approximate surface area is 87.2 Å². The molecule has 2 heteroatoms. The zero-order chi connectivity index (χ0) is 10.4. The van der Waals surface area contributed by atoms with Crippen molar-refractivity contribution in [1.29, 1.82) is 0 Å². The molecule has 0 saturated heterocycles. The maximum Gasteiger partial charge on any atom is 0.0468 e. The van der Waals surface area contributed by atoms with Crippen LogP contribution in [0.4, 0.5) is 0 Å². The quantitative estimate of drug-likeness (QED) is 0.668. The third-order valence-electron chi connectivity index (χ3n) is 2.74. The first-order chi connectivity index (χ1) is 6.79. The molecule has 1 aliphatic rings. The molecule has 1 atom stereocenters. The molecule has 1 heterocycles. The van der Waals surface area contributed by atoms with Gasteiger partial charge in [0.1, 0.15) is 0 Å². The van der Waals surface area contributed by atoms with E-state index in [9.17, 15) is 0 Å². The fourth-order valence-corrected chi connectivity index (χ4v) is 1.80. The molecule has 80 valence electrons. The Kier molecular flexibility index (Phi) is 4.74. The standard InChI is InChI=1S/C12H21NO/c1-4-13-9-6-5-7-12(13)11(2)8-10-14-3/h5-7,11H,4,8-10H2,1-3H3/t11-/m0/s1. The lowest BCUT2D eigenvalue weighted by Gasteiger charge is -2.30. The van der Waals surface area contributed by atoms with Crippen LogP contribution >= 0.6 is 0 Å². The summed E-state index contributed by atoms with van der Waals surface area (Å²) in [5, 5.41) is 0. The van der Waals surface area contributed by atoms with Crippen molar-refractivity contribution in [3.8, 4) is 0 Å². The second-order valence-electron chi connectivity index (χ2n) is 3.74. The normalized spacial score (nSPS) is 18.2. The van der Waals surface area contributed by atoms with Crippen molar-refractivity contribution in [3.05, 3.63) is 23.9 Å². The van der Waals surface area contributed by atoms with Crippen LogP contribution in [0.1, 0.15) is 20.3 Å². The van der Waals surface area contributed by atoms with E-state index in [0.717, 1.165) is 26.1 Å². The van der Waals surface area contributed by atoms with Crippen LogP contribution in [0, 0.1) is 5.92 Å². The highest BCUT2D eigenvalue weighted by Gasteiger charge is 2.15. The fraction of sp³-hybridized carbons (Fsp3) is 0.667. The third kappa shape index (κ3) is 2.88. The van der Waals surface area contributed by atoms with Crippen molar-refractivity contribution in [2.24, 2.45) is 5.92 Å². The first-order valence-electron chi connectivity index (χ1n) is 5.40. The molecular weight excluding hydrogens is 174 g/mol. The highest BCUT2D eigenvalue weighted by Crippen LogP contribution is 2.21. The molecule has 0 N–H and O–H groups in total. The summed E-state index contributed by atoms with van der Waals surface area (Å²) in [6.45, 7) is 7.47. The van der Waals surface area contributed by atoms with E-state index in [2.05, 4.69) is 37.0 Å². The summed E-state index contributed by atoms with van der Waals surface area (Å²) >= 11 is 0. The van der Waals surface area contributed by atoms with Crippen LogP contribution < -0.4 is 0 Å². The van der Waals surface area contributed by atoms with E-state index in [-0.39, 0.29) is 0 Å². The first kappa shape index (κ1) is 11.3. The van der Waals surface area contributed by atoms with Crippen LogP contribution in [-0.2, 0) is 4.74 Å². The van der Waals surface area contributed by atoms with Gasteiger partial charge in [-0.25, -0.2) is 0 Å². The molecule has 0 amide bonds. The Morgan fingerprint density at radius 1 is 1.57 bits per heavy atom. The molecule has 14 heavy (non-hydrogen) atoms. The zero-order valence-corrected chi connectivity index (χ0v) is 9.49. The van der Waals surface area contributed by atoms with Crippen LogP contribution in [0.25, 0.3) is 0 Å². The van der Waals surface area contributed by atoms with Gasteiger partial charge in [-0.3, -0.25) is 0 Å². The van der Waals surface area contributed by atoms with E-state index >= 15 is 0 Å². The molecular formula is C12H21NO. The molecule has 0 unspecified atom stereocenters. The topological polar surface area (TPSA) is 12.5 Å². The summed E-state index contributed by atoms with van der Waals surface area (Å²) in [6, 6.07) is 0. The van der Waals surface area contributed by atoms with E-state index in [4.69, 9.17) is 4.74 Å². The van der Waals surface area contributed by atoms with Crippen molar-refractivity contribution in [2.75, 3.05) is 26.8 Å². The molecule has 2 nitrogen and oxygen atoms in total. The van der Waals surface area contributed by atoms with E-state index in [0.29, 0.717) is 5.92 Å². The average molecular weight is 195 g/mol. The number of rotatable bonds is 5. The Morgan fingerprint density at radius 3 is 3.00 bits per heavy atom. The molecule has 0 fully saturated rings. The number of hydrogen-bond donors (Lipinski definition) is 0. The van der Waals surface area contributed by atoms with E-state index in [1.165, 1.54) is 5.70 Å². The molecule has 1 aliphatic heterocycles. The average Bonchev–Trinajstić information content (AvgIpc) is 2.25. The Balaban J connectivity index is 2.54. The summed E-state index contributed by atoms with van der Waals surface area (Å²) in [5.41, 5.74) is 1.45. The molecule has 0 aromatic rings. The van der Waals surface area contributed by atoms with Crippen molar-refractivity contribution < 1.29 is 4.74 Å². The number of hydrogen-bond acceptors (Lipinski definition) is 2. The molecule has 0 bridgehead atoms. The minimum atomic E-state index is 0.597. The summed E-state index contributed by atoms with van der Waals surface area (Å²) in [6.07, 6.45) is 7.70. The van der Waals surface area contributed by atoms with Gasteiger partial charge in [0.15, 0.2) is 0 Å². The van der Waals surface area contributed by atoms with Crippen LogP contribution in [-0.4, -0.2) is 31.7 Å². The Bertz CT molecular complexity index is 220. The highest BCUT2D eigenvalue weighted by molar-refractivity contribution is 5.19. The number of methoxy groups -OCH3 is 1. The predicted octanol–water partition coefficient (Wildman–Crippen LogP) is 2.43. The monoisotopic (exact) mass is 195 g/mol. The van der Waals surface area contributed by atoms with Gasteiger partial charge in [-0.15, -0.1) is 0 Å². The van der Waals surface area contributed by atoms with E-state index in [1.807, 2.05) is 0 Å². The minimum absolute atomic E-state index is 0.597. The van der Waals surface area contributed by atoms with Crippen LogP contribution in [0.5, 0.6) is 0 Å². The molecule has 0 saturated carbocycles. The summed E-state index contributed by atoms with van der Waals surface area (Å²) < 4.78 is 5.11. The molecule has 0 aromatic carbocycles. The maximum absolute atomic E-state index is 5.11. The first-order valence-corrected chi connectivity index (χ1v) is 5.40. The Morgan fingerprint density at radius 2 is 2.36 bits per heavy atom. The largest absolute Gasteiger partial charge is 0.385 e. The van der Waals surface area contributed by atoms with Gasteiger partial charge in [0.2, 0.25) is 0 Å². The number of likely N-dealkylation sites (N-methyl/N-ethyl adjacent to an activating group) is 1. The van der Waals surface area contributed by atoms with Crippen molar-refractivity contribution in [3.63, 3.8) is 0 Å². The van der Waals surface area contributed by atoms with Crippen molar-refractivity contribution in [2.45, 2.75) is 20.3 Å². The smallest absolute Gasteiger partial charge is 0.0468 e. The lowest BCUT2D eigenvalue weighted by atomic mass is 10.0. The Hall–Kier alpha value is -0.760. The lowest BCUT2D eigenvalue weighted by molar-refractivity contribution is 0.178. The van der Waals surface area contributed by atoms with Crippen LogP contribution in [0.3, 0.4) is 0 Å². The van der Waals surface area contributed by atoms with Gasteiger partial charge in [-0.05, 0) is 25.3 Å².